The highest BCUT2D eigenvalue weighted by Crippen LogP contribution is 2.47. The van der Waals surface area contributed by atoms with Crippen molar-refractivity contribution in [1.82, 2.24) is 4.90 Å². The van der Waals surface area contributed by atoms with Gasteiger partial charge in [-0.05, 0) is 56.5 Å². The van der Waals surface area contributed by atoms with Gasteiger partial charge in [0.2, 0.25) is 0 Å². The zero-order valence-corrected chi connectivity index (χ0v) is 20.2. The first-order chi connectivity index (χ1) is 16.5. The third-order valence-electron chi connectivity index (χ3n) is 6.23. The fourth-order valence-electron chi connectivity index (χ4n) is 4.38. The Morgan fingerprint density at radius 2 is 1.49 bits per heavy atom. The second-order valence-electron chi connectivity index (χ2n) is 9.66. The molecule has 184 valence electrons. The molecule has 0 saturated heterocycles. The number of benzene rings is 3. The summed E-state index contributed by atoms with van der Waals surface area (Å²) in [6.45, 7) is 7.64. The first-order valence-corrected chi connectivity index (χ1v) is 11.4. The van der Waals surface area contributed by atoms with E-state index in [9.17, 15) is 18.0 Å². The van der Waals surface area contributed by atoms with Crippen molar-refractivity contribution >= 4 is 5.97 Å². The van der Waals surface area contributed by atoms with Gasteiger partial charge in [0.1, 0.15) is 23.7 Å². The molecule has 7 heteroatoms. The summed E-state index contributed by atoms with van der Waals surface area (Å²) in [6.07, 6.45) is -4.64. The Hall–Kier alpha value is -3.32. The maximum absolute atomic E-state index is 14.4. The molecule has 0 fully saturated rings. The van der Waals surface area contributed by atoms with E-state index in [0.29, 0.717) is 5.56 Å². The summed E-state index contributed by atoms with van der Waals surface area (Å²) in [5.74, 6) is -0.474. The monoisotopic (exact) mass is 483 g/mol. The Kier molecular flexibility index (Phi) is 6.64. The summed E-state index contributed by atoms with van der Waals surface area (Å²) in [7, 11) is 0. The lowest BCUT2D eigenvalue weighted by Gasteiger charge is -2.31. The summed E-state index contributed by atoms with van der Waals surface area (Å²) in [5.41, 5.74) is -0.157. The summed E-state index contributed by atoms with van der Waals surface area (Å²) in [6, 6.07) is 17.6. The molecule has 0 radical (unpaired) electrons. The molecular weight excluding hydrogens is 455 g/mol. The average Bonchev–Trinajstić information content (AvgIpc) is 3.22. The van der Waals surface area contributed by atoms with Gasteiger partial charge in [-0.2, -0.15) is 13.2 Å². The van der Waals surface area contributed by atoms with E-state index in [2.05, 4.69) is 0 Å². The number of nitrogens with zero attached hydrogens (tertiary/aromatic N) is 1. The largest absolute Gasteiger partial charge is 0.488 e. The second-order valence-corrected chi connectivity index (χ2v) is 9.66. The Morgan fingerprint density at radius 1 is 0.914 bits per heavy atom. The molecule has 1 heterocycles. The van der Waals surface area contributed by atoms with Crippen LogP contribution in [0.4, 0.5) is 13.2 Å². The van der Waals surface area contributed by atoms with Crippen molar-refractivity contribution in [3.05, 3.63) is 94.0 Å². The highest BCUT2D eigenvalue weighted by Gasteiger charge is 2.44. The molecule has 4 rings (SSSR count). The maximum Gasteiger partial charge on any atom is 0.417 e. The number of esters is 1. The second kappa shape index (κ2) is 9.38. The van der Waals surface area contributed by atoms with Crippen LogP contribution in [0.3, 0.4) is 0 Å². The van der Waals surface area contributed by atoms with Crippen LogP contribution in [0, 0.1) is 6.92 Å². The van der Waals surface area contributed by atoms with E-state index in [0.717, 1.165) is 5.56 Å². The molecule has 1 aliphatic rings. The fraction of sp³-hybridized carbons (Fsp3) is 0.321. The van der Waals surface area contributed by atoms with E-state index in [-0.39, 0.29) is 53.4 Å². The van der Waals surface area contributed by atoms with Gasteiger partial charge in [-0.1, -0.05) is 48.5 Å². The lowest BCUT2D eigenvalue weighted by molar-refractivity contribution is -0.138. The van der Waals surface area contributed by atoms with Crippen molar-refractivity contribution in [2.75, 3.05) is 0 Å². The number of carbonyl (C=O) groups is 1. The van der Waals surface area contributed by atoms with Gasteiger partial charge < -0.3 is 9.47 Å². The topological polar surface area (TPSA) is 38.8 Å². The zero-order valence-electron chi connectivity index (χ0n) is 20.2. The minimum absolute atomic E-state index is 0.110. The molecule has 0 aromatic heterocycles. The number of ether oxygens (including phenoxy) is 2. The van der Waals surface area contributed by atoms with Crippen molar-refractivity contribution in [2.45, 2.75) is 59.1 Å². The number of rotatable bonds is 5. The Labute approximate surface area is 203 Å². The van der Waals surface area contributed by atoms with Crippen LogP contribution in [-0.2, 0) is 25.9 Å². The van der Waals surface area contributed by atoms with E-state index in [4.69, 9.17) is 9.47 Å². The van der Waals surface area contributed by atoms with Gasteiger partial charge in [0, 0.05) is 24.2 Å². The van der Waals surface area contributed by atoms with Crippen LogP contribution in [0.15, 0.2) is 60.7 Å². The van der Waals surface area contributed by atoms with E-state index < -0.39 is 17.7 Å². The number of para-hydroxylation sites is 1. The van der Waals surface area contributed by atoms with Crippen LogP contribution in [0.1, 0.15) is 58.9 Å². The molecule has 0 N–H and O–H groups in total. The van der Waals surface area contributed by atoms with Gasteiger partial charge >= 0.3 is 12.1 Å². The molecule has 0 bridgehead atoms. The van der Waals surface area contributed by atoms with E-state index in [1.807, 2.05) is 56.0 Å². The number of alkyl halides is 3. The molecule has 0 amide bonds. The van der Waals surface area contributed by atoms with Gasteiger partial charge in [0.15, 0.2) is 0 Å². The number of fused-ring (bicyclic) bond motifs is 1. The van der Waals surface area contributed by atoms with Gasteiger partial charge in [0.25, 0.3) is 0 Å². The number of carbonyl (C=O) groups excluding carboxylic acids is 1. The van der Waals surface area contributed by atoms with Crippen LogP contribution in [0.5, 0.6) is 11.5 Å². The molecule has 0 aliphatic carbocycles. The molecule has 1 aliphatic heterocycles. The molecule has 0 unspecified atom stereocenters. The van der Waals surface area contributed by atoms with Crippen molar-refractivity contribution in [3.63, 3.8) is 0 Å². The summed E-state index contributed by atoms with van der Waals surface area (Å²) >= 11 is 0. The van der Waals surface area contributed by atoms with E-state index in [1.165, 1.54) is 6.92 Å². The molecule has 3 aromatic rings. The number of halogens is 3. The lowest BCUT2D eigenvalue weighted by atomic mass is 9.91. The Balaban J connectivity index is 1.88. The Morgan fingerprint density at radius 3 is 2.06 bits per heavy atom. The molecule has 0 saturated carbocycles. The highest BCUT2D eigenvalue weighted by molar-refractivity contribution is 5.97. The van der Waals surface area contributed by atoms with E-state index in [1.54, 1.807) is 30.3 Å². The molecule has 0 atom stereocenters. The van der Waals surface area contributed by atoms with Crippen LogP contribution in [0.25, 0.3) is 0 Å². The highest BCUT2D eigenvalue weighted by atomic mass is 19.4. The first-order valence-electron chi connectivity index (χ1n) is 11.4. The van der Waals surface area contributed by atoms with Gasteiger partial charge in [-0.15, -0.1) is 0 Å². The van der Waals surface area contributed by atoms with Crippen molar-refractivity contribution in [3.8, 4) is 11.5 Å². The minimum atomic E-state index is -4.64. The standard InChI is InChI=1S/C28H28F3NO3/c1-18-23(26(33)35-20-13-9-6-10-14-20)25(34-17-19-11-7-5-8-12-19)22-16-32(27(2,3)4)15-21(22)24(18)28(29,30)31/h5-14H,15-17H2,1-4H3. The van der Waals surface area contributed by atoms with Crippen molar-refractivity contribution in [2.24, 2.45) is 0 Å². The number of hydrogen-bond acceptors (Lipinski definition) is 4. The molecular formula is C28H28F3NO3. The third-order valence-corrected chi connectivity index (χ3v) is 6.23. The van der Waals surface area contributed by atoms with Gasteiger partial charge in [-0.3, -0.25) is 4.90 Å². The first kappa shape index (κ1) is 24.8. The lowest BCUT2D eigenvalue weighted by Crippen LogP contribution is -2.37. The molecule has 4 nitrogen and oxygen atoms in total. The quantitative estimate of drug-likeness (QED) is 0.292. The summed E-state index contributed by atoms with van der Waals surface area (Å²) in [4.78, 5) is 15.3. The van der Waals surface area contributed by atoms with Crippen LogP contribution in [-0.4, -0.2) is 16.4 Å². The number of hydrogen-bond donors (Lipinski definition) is 0. The van der Waals surface area contributed by atoms with Crippen molar-refractivity contribution in [1.29, 1.82) is 0 Å². The molecule has 3 aromatic carbocycles. The molecule has 0 spiro atoms. The normalized spacial score (nSPS) is 14.0. The average molecular weight is 484 g/mol. The van der Waals surface area contributed by atoms with Crippen molar-refractivity contribution < 1.29 is 27.4 Å². The summed E-state index contributed by atoms with van der Waals surface area (Å²) < 4.78 is 54.7. The zero-order chi connectivity index (χ0) is 25.4. The minimum Gasteiger partial charge on any atom is -0.488 e. The van der Waals surface area contributed by atoms with Crippen LogP contribution < -0.4 is 9.47 Å². The Bertz CT molecular complexity index is 1220. The van der Waals surface area contributed by atoms with Gasteiger partial charge in [0.05, 0.1) is 5.56 Å². The maximum atomic E-state index is 14.4. The SMILES string of the molecule is Cc1c(C(=O)Oc2ccccc2)c(OCc2ccccc2)c2c(c1C(F)(F)F)CN(C(C)(C)C)C2. The molecule has 35 heavy (non-hydrogen) atoms. The smallest absolute Gasteiger partial charge is 0.417 e. The predicted octanol–water partition coefficient (Wildman–Crippen LogP) is 6.93. The van der Waals surface area contributed by atoms with Gasteiger partial charge in [-0.25, -0.2) is 4.79 Å². The fourth-order valence-corrected chi connectivity index (χ4v) is 4.38. The third kappa shape index (κ3) is 5.20. The van der Waals surface area contributed by atoms with Crippen LogP contribution >= 0.6 is 0 Å². The van der Waals surface area contributed by atoms with E-state index >= 15 is 0 Å². The summed E-state index contributed by atoms with van der Waals surface area (Å²) in [5, 5.41) is 0. The van der Waals surface area contributed by atoms with Crippen LogP contribution in [0.2, 0.25) is 0 Å². The predicted molar refractivity (Wildman–Crippen MR) is 127 cm³/mol.